The lowest BCUT2D eigenvalue weighted by molar-refractivity contribution is 0.554. The third-order valence-corrected chi connectivity index (χ3v) is 2.27. The monoisotopic (exact) mass is 177 g/mol. The first-order valence-corrected chi connectivity index (χ1v) is 4.80. The van der Waals surface area contributed by atoms with E-state index in [1.807, 2.05) is 12.1 Å². The van der Waals surface area contributed by atoms with Crippen molar-refractivity contribution in [2.45, 2.75) is 25.8 Å². The number of hydrogen-bond donors (Lipinski definition) is 1. The van der Waals surface area contributed by atoms with Crippen LogP contribution in [0.4, 0.5) is 0 Å². The summed E-state index contributed by atoms with van der Waals surface area (Å²) in [4.78, 5) is 0. The van der Waals surface area contributed by atoms with Gasteiger partial charge in [-0.05, 0) is 37.5 Å². The highest BCUT2D eigenvalue weighted by Crippen LogP contribution is 2.18. The lowest BCUT2D eigenvalue weighted by Gasteiger charge is -1.94. The third kappa shape index (κ3) is 2.46. The maximum Gasteiger partial charge on any atom is 0.129 e. The summed E-state index contributed by atoms with van der Waals surface area (Å²) >= 11 is 0. The predicted molar refractivity (Wildman–Crippen MR) is 53.5 cm³/mol. The first-order chi connectivity index (χ1) is 6.36. The van der Waals surface area contributed by atoms with E-state index in [0.29, 0.717) is 0 Å². The van der Waals surface area contributed by atoms with Crippen molar-refractivity contribution in [3.8, 4) is 0 Å². The molecule has 2 nitrogen and oxygen atoms in total. The Morgan fingerprint density at radius 3 is 3.08 bits per heavy atom. The lowest BCUT2D eigenvalue weighted by Crippen LogP contribution is -2.15. The molecule has 0 radical (unpaired) electrons. The molecule has 70 valence electrons. The van der Waals surface area contributed by atoms with Crippen LogP contribution in [0.15, 0.2) is 22.8 Å². The van der Waals surface area contributed by atoms with Gasteiger partial charge in [-0.15, -0.1) is 0 Å². The van der Waals surface area contributed by atoms with Crippen molar-refractivity contribution >= 4 is 6.08 Å². The van der Waals surface area contributed by atoms with Crippen LogP contribution in [0.1, 0.15) is 24.2 Å². The summed E-state index contributed by atoms with van der Waals surface area (Å²) in [6, 6.07) is 2.76. The molecule has 1 aliphatic carbocycles. The van der Waals surface area contributed by atoms with E-state index in [-0.39, 0.29) is 0 Å². The number of rotatable bonds is 4. The Morgan fingerprint density at radius 2 is 2.46 bits per heavy atom. The van der Waals surface area contributed by atoms with Crippen molar-refractivity contribution in [1.29, 1.82) is 0 Å². The highest BCUT2D eigenvalue weighted by Gasteiger charge is 2.18. The van der Waals surface area contributed by atoms with Crippen LogP contribution in [0.25, 0.3) is 6.08 Å². The lowest BCUT2D eigenvalue weighted by atomic mass is 10.2. The van der Waals surface area contributed by atoms with Gasteiger partial charge in [0, 0.05) is 12.6 Å². The predicted octanol–water partition coefficient (Wildman–Crippen LogP) is 2.35. The second-order valence-electron chi connectivity index (χ2n) is 3.55. The van der Waals surface area contributed by atoms with Gasteiger partial charge in [-0.1, -0.05) is 6.08 Å². The summed E-state index contributed by atoms with van der Waals surface area (Å²) in [5.74, 6) is 0.970. The average Bonchev–Trinajstić information content (AvgIpc) is 2.86. The van der Waals surface area contributed by atoms with Crippen LogP contribution in [0.2, 0.25) is 0 Å². The van der Waals surface area contributed by atoms with Crippen LogP contribution in [-0.4, -0.2) is 12.6 Å². The Balaban J connectivity index is 1.79. The molecule has 1 saturated carbocycles. The standard InChI is InChI=1S/C11H15NO/c1-9-6-8-13-11(9)3-2-7-12-10-4-5-10/h2-3,6,8,10,12H,4-5,7H2,1H3/b3-2+. The highest BCUT2D eigenvalue weighted by atomic mass is 16.3. The van der Waals surface area contributed by atoms with Crippen molar-refractivity contribution in [2.75, 3.05) is 6.54 Å². The van der Waals surface area contributed by atoms with Crippen LogP contribution < -0.4 is 5.32 Å². The topological polar surface area (TPSA) is 25.2 Å². The second kappa shape index (κ2) is 3.79. The number of hydrogen-bond acceptors (Lipinski definition) is 2. The zero-order valence-corrected chi connectivity index (χ0v) is 7.92. The summed E-state index contributed by atoms with van der Waals surface area (Å²) in [7, 11) is 0. The van der Waals surface area contributed by atoms with Crippen LogP contribution in [-0.2, 0) is 0 Å². The zero-order valence-electron chi connectivity index (χ0n) is 7.92. The van der Waals surface area contributed by atoms with Crippen molar-refractivity contribution in [3.63, 3.8) is 0 Å². The molecule has 1 fully saturated rings. The molecular formula is C11H15NO. The van der Waals surface area contributed by atoms with E-state index in [9.17, 15) is 0 Å². The Morgan fingerprint density at radius 1 is 1.62 bits per heavy atom. The van der Waals surface area contributed by atoms with Gasteiger partial charge in [0.25, 0.3) is 0 Å². The molecule has 0 saturated heterocycles. The fraction of sp³-hybridized carbons (Fsp3) is 0.455. The van der Waals surface area contributed by atoms with Crippen molar-refractivity contribution in [1.82, 2.24) is 5.32 Å². The molecule has 1 N–H and O–H groups in total. The summed E-state index contributed by atoms with van der Waals surface area (Å²) in [5, 5.41) is 3.41. The van der Waals surface area contributed by atoms with Gasteiger partial charge in [-0.2, -0.15) is 0 Å². The van der Waals surface area contributed by atoms with Gasteiger partial charge >= 0.3 is 0 Å². The van der Waals surface area contributed by atoms with Gasteiger partial charge in [0.05, 0.1) is 6.26 Å². The van der Waals surface area contributed by atoms with Gasteiger partial charge < -0.3 is 9.73 Å². The summed E-state index contributed by atoms with van der Waals surface area (Å²) < 4.78 is 5.27. The van der Waals surface area contributed by atoms with Gasteiger partial charge in [0.1, 0.15) is 5.76 Å². The highest BCUT2D eigenvalue weighted by molar-refractivity contribution is 5.46. The maximum absolute atomic E-state index is 5.27. The van der Waals surface area contributed by atoms with Gasteiger partial charge in [0.2, 0.25) is 0 Å². The minimum absolute atomic E-state index is 0.780. The largest absolute Gasteiger partial charge is 0.465 e. The van der Waals surface area contributed by atoms with E-state index >= 15 is 0 Å². The molecule has 0 amide bonds. The number of furan rings is 1. The Hall–Kier alpha value is -1.02. The molecule has 1 aromatic rings. The van der Waals surface area contributed by atoms with E-state index in [1.165, 1.54) is 18.4 Å². The quantitative estimate of drug-likeness (QED) is 0.763. The molecule has 0 aromatic carbocycles. The fourth-order valence-corrected chi connectivity index (χ4v) is 1.24. The molecule has 1 aliphatic rings. The van der Waals surface area contributed by atoms with Gasteiger partial charge in [0.15, 0.2) is 0 Å². The molecule has 2 heteroatoms. The van der Waals surface area contributed by atoms with Crippen molar-refractivity contribution in [3.05, 3.63) is 29.7 Å². The van der Waals surface area contributed by atoms with Crippen LogP contribution in [0.3, 0.4) is 0 Å². The molecule has 2 rings (SSSR count). The molecule has 0 unspecified atom stereocenters. The van der Waals surface area contributed by atoms with Crippen LogP contribution in [0.5, 0.6) is 0 Å². The van der Waals surface area contributed by atoms with Crippen molar-refractivity contribution < 1.29 is 4.42 Å². The van der Waals surface area contributed by atoms with Crippen LogP contribution in [0, 0.1) is 6.92 Å². The van der Waals surface area contributed by atoms with E-state index in [2.05, 4.69) is 18.3 Å². The third-order valence-electron chi connectivity index (χ3n) is 2.27. The molecule has 1 heterocycles. The Kier molecular flexibility index (Phi) is 2.50. The second-order valence-corrected chi connectivity index (χ2v) is 3.55. The smallest absolute Gasteiger partial charge is 0.129 e. The van der Waals surface area contributed by atoms with E-state index in [1.54, 1.807) is 6.26 Å². The van der Waals surface area contributed by atoms with E-state index in [0.717, 1.165) is 18.3 Å². The Labute approximate surface area is 78.6 Å². The number of aryl methyl sites for hydroxylation is 1. The molecule has 0 aliphatic heterocycles. The van der Waals surface area contributed by atoms with Gasteiger partial charge in [-0.25, -0.2) is 0 Å². The SMILES string of the molecule is Cc1ccoc1/C=C/CNC1CC1. The maximum atomic E-state index is 5.27. The summed E-state index contributed by atoms with van der Waals surface area (Å²) in [5.41, 5.74) is 1.20. The van der Waals surface area contributed by atoms with E-state index in [4.69, 9.17) is 4.42 Å². The first kappa shape index (κ1) is 8.57. The molecule has 13 heavy (non-hydrogen) atoms. The molecule has 0 atom stereocenters. The molecule has 0 bridgehead atoms. The minimum Gasteiger partial charge on any atom is -0.465 e. The normalized spacial score (nSPS) is 17.0. The molecule has 0 spiro atoms. The fourth-order valence-electron chi connectivity index (χ4n) is 1.24. The van der Waals surface area contributed by atoms with E-state index < -0.39 is 0 Å². The first-order valence-electron chi connectivity index (χ1n) is 4.80. The summed E-state index contributed by atoms with van der Waals surface area (Å²) in [6.07, 6.45) is 8.55. The van der Waals surface area contributed by atoms with Gasteiger partial charge in [-0.3, -0.25) is 0 Å². The number of nitrogens with one attached hydrogen (secondary N) is 1. The molecular weight excluding hydrogens is 162 g/mol. The van der Waals surface area contributed by atoms with Crippen LogP contribution >= 0.6 is 0 Å². The summed E-state index contributed by atoms with van der Waals surface area (Å²) in [6.45, 7) is 3.00. The van der Waals surface area contributed by atoms with Crippen molar-refractivity contribution in [2.24, 2.45) is 0 Å². The molecule has 1 aromatic heterocycles. The Bertz CT molecular complexity index is 297. The average molecular weight is 177 g/mol. The zero-order chi connectivity index (χ0) is 9.10. The minimum atomic E-state index is 0.780.